The van der Waals surface area contributed by atoms with Gasteiger partial charge >= 0.3 is 5.97 Å². The normalized spacial score (nSPS) is 23.0. The molecule has 3 aliphatic heterocycles. The van der Waals surface area contributed by atoms with Crippen LogP contribution in [-0.2, 0) is 21.4 Å². The number of unbranched alkanes of at least 4 members (excludes halogenated alkanes) is 1. The van der Waals surface area contributed by atoms with Crippen LogP contribution >= 0.6 is 0 Å². The molecule has 2 amide bonds. The van der Waals surface area contributed by atoms with Crippen molar-refractivity contribution in [3.05, 3.63) is 48.3 Å². The molecule has 1 unspecified atom stereocenters. The van der Waals surface area contributed by atoms with Crippen molar-refractivity contribution in [3.63, 3.8) is 0 Å². The molecule has 3 aliphatic rings. The number of carboxylic acids is 1. The lowest BCUT2D eigenvalue weighted by Crippen LogP contribution is -2.46. The number of aromatic nitrogens is 1. The molecule has 2 aromatic rings. The van der Waals surface area contributed by atoms with Crippen molar-refractivity contribution in [2.75, 3.05) is 44.4 Å². The number of ether oxygens (including phenoxy) is 2. The van der Waals surface area contributed by atoms with Gasteiger partial charge in [-0.2, -0.15) is 0 Å². The van der Waals surface area contributed by atoms with Gasteiger partial charge in [-0.3, -0.25) is 19.3 Å². The number of hydrogen-bond donors (Lipinski definition) is 1. The van der Waals surface area contributed by atoms with Gasteiger partial charge < -0.3 is 24.4 Å². The predicted octanol–water partition coefficient (Wildman–Crippen LogP) is 3.19. The van der Waals surface area contributed by atoms with Crippen molar-refractivity contribution in [1.29, 1.82) is 0 Å². The number of carbonyl (C=O) groups excluding carboxylic acids is 2. The van der Waals surface area contributed by atoms with Gasteiger partial charge in [0.25, 0.3) is 0 Å². The summed E-state index contributed by atoms with van der Waals surface area (Å²) in [5, 5.41) is 10.6. The maximum atomic E-state index is 14.0. The summed E-state index contributed by atoms with van der Waals surface area (Å²) in [6.07, 6.45) is 6.92. The monoisotopic (exact) mass is 579 g/mol. The van der Waals surface area contributed by atoms with E-state index in [0.717, 1.165) is 30.5 Å². The number of carboxylic acid groups (broad SMARTS) is 1. The number of hydrogen-bond acceptors (Lipinski definition) is 6. The van der Waals surface area contributed by atoms with Gasteiger partial charge in [0.15, 0.2) is 23.9 Å². The Bertz CT molecular complexity index is 1330. The molecule has 226 valence electrons. The summed E-state index contributed by atoms with van der Waals surface area (Å²) in [4.78, 5) is 45.5. The van der Waals surface area contributed by atoms with Gasteiger partial charge in [-0.25, -0.2) is 4.57 Å². The molecule has 3 atom stereocenters. The number of benzene rings is 1. The molecule has 0 spiro atoms. The number of pyridine rings is 1. The molecule has 42 heavy (non-hydrogen) atoms. The Balaban J connectivity index is 1.43. The number of aryl methyl sites for hydroxylation is 1. The first kappa shape index (κ1) is 29.8. The molecule has 0 bridgehead atoms. The minimum atomic E-state index is -0.899. The van der Waals surface area contributed by atoms with Gasteiger partial charge in [-0.15, -0.1) is 0 Å². The first-order chi connectivity index (χ1) is 20.1. The van der Waals surface area contributed by atoms with Gasteiger partial charge in [-0.05, 0) is 43.0 Å². The highest BCUT2D eigenvalue weighted by atomic mass is 16.7. The molecule has 1 aromatic heterocycles. The quantitative estimate of drug-likeness (QED) is 0.408. The van der Waals surface area contributed by atoms with Crippen LogP contribution in [0.1, 0.15) is 57.9 Å². The molecule has 2 saturated heterocycles. The van der Waals surface area contributed by atoms with Crippen molar-refractivity contribution < 1.29 is 33.5 Å². The van der Waals surface area contributed by atoms with E-state index < -0.39 is 23.3 Å². The molecule has 1 N–H and O–H groups in total. The molecule has 10 heteroatoms. The fraction of sp³-hybridized carbons (Fsp3) is 0.562. The zero-order valence-electron chi connectivity index (χ0n) is 25.1. The minimum Gasteiger partial charge on any atom is -0.481 e. The number of carbonyl (C=O) groups is 3. The van der Waals surface area contributed by atoms with Crippen LogP contribution in [0.25, 0.3) is 0 Å². The van der Waals surface area contributed by atoms with Crippen molar-refractivity contribution in [2.24, 2.45) is 18.4 Å². The average Bonchev–Trinajstić information content (AvgIpc) is 3.63. The molecule has 4 heterocycles. The van der Waals surface area contributed by atoms with Gasteiger partial charge in [-0.1, -0.05) is 33.3 Å². The molecule has 0 aliphatic carbocycles. The number of rotatable bonds is 11. The summed E-state index contributed by atoms with van der Waals surface area (Å²) in [6, 6.07) is 9.04. The predicted molar refractivity (Wildman–Crippen MR) is 156 cm³/mol. The summed E-state index contributed by atoms with van der Waals surface area (Å²) in [6.45, 7) is 8.37. The standard InChI is InChI=1S/C32H42N4O6/c1-5-6-14-36(23-8-7-13-33(4)18-23)28(37)20-35-19-24(22-9-10-26-27(17-22)42-21-41-26)29(30(38)39)25(35)11-15-34-16-12-32(2,3)31(34)40/h7-10,13,17-18,24-25,29H,5-6,11-12,14-16,19-21H2,1-4H3/p+1/t24-,25+,29?/m1/s1. The van der Waals surface area contributed by atoms with E-state index in [1.54, 1.807) is 0 Å². The fourth-order valence-corrected chi connectivity index (χ4v) is 6.59. The van der Waals surface area contributed by atoms with Crippen LogP contribution < -0.4 is 18.9 Å². The van der Waals surface area contributed by atoms with Crippen LogP contribution in [0.2, 0.25) is 0 Å². The lowest BCUT2D eigenvalue weighted by Gasteiger charge is -2.30. The van der Waals surface area contributed by atoms with E-state index in [1.807, 2.05) is 82.9 Å². The Morgan fingerprint density at radius 3 is 2.67 bits per heavy atom. The molecule has 10 nitrogen and oxygen atoms in total. The summed E-state index contributed by atoms with van der Waals surface area (Å²) in [5.74, 6) is -0.705. The second kappa shape index (κ2) is 12.3. The third kappa shape index (κ3) is 6.09. The van der Waals surface area contributed by atoms with E-state index >= 15 is 0 Å². The Labute approximate surface area is 247 Å². The van der Waals surface area contributed by atoms with E-state index in [-0.39, 0.29) is 31.1 Å². The Morgan fingerprint density at radius 2 is 1.98 bits per heavy atom. The zero-order valence-corrected chi connectivity index (χ0v) is 25.1. The minimum absolute atomic E-state index is 0.0616. The second-order valence-electron chi connectivity index (χ2n) is 12.4. The zero-order chi connectivity index (χ0) is 30.0. The summed E-state index contributed by atoms with van der Waals surface area (Å²) in [7, 11) is 1.93. The number of likely N-dealkylation sites (tertiary alicyclic amines) is 2. The molecule has 5 rings (SSSR count). The van der Waals surface area contributed by atoms with E-state index in [4.69, 9.17) is 9.47 Å². The summed E-state index contributed by atoms with van der Waals surface area (Å²) in [5.41, 5.74) is 1.27. The maximum absolute atomic E-state index is 14.0. The summed E-state index contributed by atoms with van der Waals surface area (Å²) >= 11 is 0. The van der Waals surface area contributed by atoms with E-state index in [0.29, 0.717) is 44.1 Å². The molecule has 2 fully saturated rings. The number of fused-ring (bicyclic) bond motifs is 1. The number of amides is 2. The average molecular weight is 580 g/mol. The molecule has 0 radical (unpaired) electrons. The molecule has 1 aromatic carbocycles. The number of nitrogens with zero attached hydrogens (tertiary/aromatic N) is 4. The third-order valence-electron chi connectivity index (χ3n) is 9.04. The van der Waals surface area contributed by atoms with E-state index in [9.17, 15) is 19.5 Å². The van der Waals surface area contributed by atoms with Crippen LogP contribution in [0.15, 0.2) is 42.7 Å². The maximum Gasteiger partial charge on any atom is 0.308 e. The van der Waals surface area contributed by atoms with E-state index in [2.05, 4.69) is 6.92 Å². The van der Waals surface area contributed by atoms with Crippen molar-refractivity contribution >= 4 is 23.5 Å². The number of aliphatic carboxylic acids is 1. The number of anilines is 1. The highest BCUT2D eigenvalue weighted by Gasteiger charge is 2.48. The van der Waals surface area contributed by atoms with Crippen LogP contribution in [-0.4, -0.2) is 78.2 Å². The van der Waals surface area contributed by atoms with Crippen LogP contribution in [0.3, 0.4) is 0 Å². The highest BCUT2D eigenvalue weighted by molar-refractivity contribution is 5.94. The first-order valence-corrected chi connectivity index (χ1v) is 15.0. The Hall–Kier alpha value is -3.66. The lowest BCUT2D eigenvalue weighted by atomic mass is 9.84. The Morgan fingerprint density at radius 1 is 1.19 bits per heavy atom. The van der Waals surface area contributed by atoms with Crippen molar-refractivity contribution in [2.45, 2.75) is 58.4 Å². The topological polar surface area (TPSA) is 104 Å². The summed E-state index contributed by atoms with van der Waals surface area (Å²) < 4.78 is 13.0. The molecular formula is C32H43N4O6+. The van der Waals surface area contributed by atoms with Crippen LogP contribution in [0, 0.1) is 11.3 Å². The third-order valence-corrected chi connectivity index (χ3v) is 9.04. The first-order valence-electron chi connectivity index (χ1n) is 15.0. The lowest BCUT2D eigenvalue weighted by molar-refractivity contribution is -0.670. The van der Waals surface area contributed by atoms with E-state index in [1.165, 1.54) is 0 Å². The fourth-order valence-electron chi connectivity index (χ4n) is 6.59. The van der Waals surface area contributed by atoms with Gasteiger partial charge in [0.1, 0.15) is 12.7 Å². The highest BCUT2D eigenvalue weighted by Crippen LogP contribution is 2.43. The smallest absolute Gasteiger partial charge is 0.308 e. The SMILES string of the molecule is CCCCN(C(=O)CN1C[C@H](c2ccc3c(c2)OCO3)C(C(=O)O)[C@@H]1CCN1CCC(C)(C)C1=O)c1ccc[n+](C)c1. The van der Waals surface area contributed by atoms with Crippen LogP contribution in [0.5, 0.6) is 11.5 Å². The second-order valence-corrected chi connectivity index (χ2v) is 12.4. The largest absolute Gasteiger partial charge is 0.481 e. The van der Waals surface area contributed by atoms with Gasteiger partial charge in [0.05, 0.1) is 12.5 Å². The van der Waals surface area contributed by atoms with Crippen LogP contribution in [0.4, 0.5) is 5.69 Å². The van der Waals surface area contributed by atoms with Gasteiger partial charge in [0, 0.05) is 49.6 Å². The Kier molecular flexibility index (Phi) is 8.73. The van der Waals surface area contributed by atoms with Crippen molar-refractivity contribution in [3.8, 4) is 11.5 Å². The van der Waals surface area contributed by atoms with Crippen molar-refractivity contribution in [1.82, 2.24) is 9.80 Å². The molecular weight excluding hydrogens is 536 g/mol. The van der Waals surface area contributed by atoms with Gasteiger partial charge in [0.2, 0.25) is 18.6 Å². The molecule has 0 saturated carbocycles.